The highest BCUT2D eigenvalue weighted by Gasteiger charge is 2.11. The molecule has 0 amide bonds. The molecule has 100 valence electrons. The van der Waals surface area contributed by atoms with Gasteiger partial charge in [0, 0.05) is 26.0 Å². The van der Waals surface area contributed by atoms with Crippen LogP contribution in [-0.2, 0) is 13.6 Å². The van der Waals surface area contributed by atoms with Crippen molar-refractivity contribution in [2.24, 2.45) is 12.8 Å². The van der Waals surface area contributed by atoms with Crippen LogP contribution < -0.4 is 16.0 Å². The summed E-state index contributed by atoms with van der Waals surface area (Å²) in [4.78, 5) is 15.9. The zero-order valence-electron chi connectivity index (χ0n) is 11.3. The average Bonchev–Trinajstić information content (AvgIpc) is 2.38. The quantitative estimate of drug-likeness (QED) is 0.909. The number of aromatic nitrogens is 2. The van der Waals surface area contributed by atoms with Crippen LogP contribution in [0.25, 0.3) is 0 Å². The van der Waals surface area contributed by atoms with E-state index in [1.54, 1.807) is 13.2 Å². The Bertz CT molecular complexity index is 639. The average molecular weight is 259 g/mol. The van der Waals surface area contributed by atoms with Crippen LogP contribution in [0.3, 0.4) is 0 Å². The van der Waals surface area contributed by atoms with Crippen molar-refractivity contribution >= 4 is 0 Å². The van der Waals surface area contributed by atoms with E-state index in [4.69, 9.17) is 10.5 Å². The Morgan fingerprint density at radius 1 is 1.32 bits per heavy atom. The van der Waals surface area contributed by atoms with Crippen molar-refractivity contribution in [2.45, 2.75) is 20.4 Å². The summed E-state index contributed by atoms with van der Waals surface area (Å²) < 4.78 is 7.10. The van der Waals surface area contributed by atoms with Gasteiger partial charge in [0.2, 0.25) is 0 Å². The van der Waals surface area contributed by atoms with E-state index in [1.165, 1.54) is 10.8 Å². The third-order valence-electron chi connectivity index (χ3n) is 2.94. The molecule has 0 saturated carbocycles. The summed E-state index contributed by atoms with van der Waals surface area (Å²) in [7, 11) is 1.66. The lowest BCUT2D eigenvalue weighted by atomic mass is 10.1. The van der Waals surface area contributed by atoms with Gasteiger partial charge in [0.1, 0.15) is 5.75 Å². The minimum Gasteiger partial charge on any atom is -0.434 e. The first-order valence-corrected chi connectivity index (χ1v) is 6.02. The Labute approximate surface area is 111 Å². The summed E-state index contributed by atoms with van der Waals surface area (Å²) in [6, 6.07) is 3.91. The third-order valence-corrected chi connectivity index (χ3v) is 2.94. The number of hydrogen-bond acceptors (Lipinski definition) is 4. The number of nitrogens with zero attached hydrogens (tertiary/aromatic N) is 2. The van der Waals surface area contributed by atoms with Crippen LogP contribution >= 0.6 is 0 Å². The number of nitrogens with two attached hydrogens (primary N) is 1. The highest BCUT2D eigenvalue weighted by Crippen LogP contribution is 2.27. The van der Waals surface area contributed by atoms with Crippen LogP contribution in [0.4, 0.5) is 0 Å². The fraction of sp³-hybridized carbons (Fsp3) is 0.286. The molecule has 2 N–H and O–H groups in total. The summed E-state index contributed by atoms with van der Waals surface area (Å²) in [6.07, 6.45) is 3.13. The summed E-state index contributed by atoms with van der Waals surface area (Å²) >= 11 is 0. The Balaban J connectivity index is 2.44. The molecule has 2 rings (SSSR count). The molecule has 0 radical (unpaired) electrons. The van der Waals surface area contributed by atoms with Crippen LogP contribution in [0.15, 0.2) is 29.3 Å². The molecule has 0 saturated heterocycles. The molecule has 0 atom stereocenters. The van der Waals surface area contributed by atoms with Crippen LogP contribution in [0, 0.1) is 13.8 Å². The fourth-order valence-electron chi connectivity index (χ4n) is 1.96. The largest absolute Gasteiger partial charge is 0.434 e. The van der Waals surface area contributed by atoms with Gasteiger partial charge in [0.15, 0.2) is 0 Å². The smallest absolute Gasteiger partial charge is 0.313 e. The van der Waals surface area contributed by atoms with Crippen molar-refractivity contribution in [1.82, 2.24) is 9.55 Å². The molecule has 0 aliphatic heterocycles. The Kier molecular flexibility index (Phi) is 3.66. The van der Waals surface area contributed by atoms with Crippen LogP contribution in [-0.4, -0.2) is 9.55 Å². The van der Waals surface area contributed by atoms with Crippen LogP contribution in [0.1, 0.15) is 16.7 Å². The molecule has 1 aromatic heterocycles. The highest BCUT2D eigenvalue weighted by atomic mass is 16.5. The van der Waals surface area contributed by atoms with Gasteiger partial charge in [-0.05, 0) is 30.5 Å². The Hall–Kier alpha value is -2.14. The predicted octanol–water partition coefficient (Wildman–Crippen LogP) is 1.65. The Morgan fingerprint density at radius 2 is 1.95 bits per heavy atom. The number of ether oxygens (including phenoxy) is 1. The molecule has 2 aromatic rings. The maximum absolute atomic E-state index is 11.9. The lowest BCUT2D eigenvalue weighted by Gasteiger charge is -2.12. The Morgan fingerprint density at radius 3 is 2.53 bits per heavy atom. The number of hydrogen-bond donors (Lipinski definition) is 1. The zero-order valence-corrected chi connectivity index (χ0v) is 11.3. The maximum atomic E-state index is 11.9. The second kappa shape index (κ2) is 5.24. The van der Waals surface area contributed by atoms with Gasteiger partial charge >= 0.3 is 5.56 Å². The SMILES string of the molecule is Cc1cc(CN)cc(C)c1Oc1nccn(C)c1=O. The minimum absolute atomic E-state index is 0.0803. The molecule has 0 aliphatic carbocycles. The standard InChI is InChI=1S/C14H17N3O2/c1-9-6-11(8-15)7-10(2)12(9)19-13-14(18)17(3)5-4-16-13/h4-7H,8,15H2,1-3H3. The summed E-state index contributed by atoms with van der Waals surface area (Å²) in [5.74, 6) is 0.740. The predicted molar refractivity (Wildman–Crippen MR) is 73.4 cm³/mol. The second-order valence-corrected chi connectivity index (χ2v) is 4.51. The van der Waals surface area contributed by atoms with Gasteiger partial charge < -0.3 is 15.0 Å². The summed E-state index contributed by atoms with van der Waals surface area (Å²) in [5.41, 5.74) is 8.28. The van der Waals surface area contributed by atoms with E-state index in [9.17, 15) is 4.79 Å². The van der Waals surface area contributed by atoms with Crippen molar-refractivity contribution < 1.29 is 4.74 Å². The van der Waals surface area contributed by atoms with Crippen molar-refractivity contribution in [3.05, 3.63) is 51.6 Å². The summed E-state index contributed by atoms with van der Waals surface area (Å²) in [6.45, 7) is 4.33. The first-order chi connectivity index (χ1) is 9.02. The van der Waals surface area contributed by atoms with Crippen molar-refractivity contribution in [3.63, 3.8) is 0 Å². The van der Waals surface area contributed by atoms with Gasteiger partial charge in [-0.1, -0.05) is 12.1 Å². The molecule has 0 fully saturated rings. The molecule has 0 aliphatic rings. The molecular formula is C14H17N3O2. The normalized spacial score (nSPS) is 10.5. The van der Waals surface area contributed by atoms with Crippen LogP contribution in [0.5, 0.6) is 11.6 Å². The van der Waals surface area contributed by atoms with Gasteiger partial charge in [-0.2, -0.15) is 0 Å². The second-order valence-electron chi connectivity index (χ2n) is 4.51. The number of benzene rings is 1. The van der Waals surface area contributed by atoms with E-state index in [1.807, 2.05) is 26.0 Å². The van der Waals surface area contributed by atoms with Crippen LogP contribution in [0.2, 0.25) is 0 Å². The number of aryl methyl sites for hydroxylation is 3. The van der Waals surface area contributed by atoms with Gasteiger partial charge in [-0.25, -0.2) is 4.98 Å². The van der Waals surface area contributed by atoms with Crippen molar-refractivity contribution in [1.29, 1.82) is 0 Å². The summed E-state index contributed by atoms with van der Waals surface area (Å²) in [5, 5.41) is 0. The van der Waals surface area contributed by atoms with Gasteiger partial charge in [-0.15, -0.1) is 0 Å². The minimum atomic E-state index is -0.260. The monoisotopic (exact) mass is 259 g/mol. The molecule has 5 heteroatoms. The first kappa shape index (κ1) is 13.3. The molecule has 19 heavy (non-hydrogen) atoms. The molecule has 0 unspecified atom stereocenters. The molecule has 5 nitrogen and oxygen atoms in total. The topological polar surface area (TPSA) is 70.1 Å². The highest BCUT2D eigenvalue weighted by molar-refractivity contribution is 5.44. The van der Waals surface area contributed by atoms with E-state index in [2.05, 4.69) is 4.98 Å². The lowest BCUT2D eigenvalue weighted by Crippen LogP contribution is -2.18. The fourth-order valence-corrected chi connectivity index (χ4v) is 1.96. The molecule has 1 aromatic carbocycles. The van der Waals surface area contributed by atoms with E-state index in [-0.39, 0.29) is 11.4 Å². The van der Waals surface area contributed by atoms with E-state index >= 15 is 0 Å². The van der Waals surface area contributed by atoms with E-state index < -0.39 is 0 Å². The molecule has 0 spiro atoms. The van der Waals surface area contributed by atoms with Crippen molar-refractivity contribution in [2.75, 3.05) is 0 Å². The third kappa shape index (κ3) is 2.66. The zero-order chi connectivity index (χ0) is 14.0. The maximum Gasteiger partial charge on any atom is 0.313 e. The van der Waals surface area contributed by atoms with Gasteiger partial charge in [-0.3, -0.25) is 4.79 Å². The van der Waals surface area contributed by atoms with Crippen molar-refractivity contribution in [3.8, 4) is 11.6 Å². The molecule has 1 heterocycles. The molecule has 0 bridgehead atoms. The lowest BCUT2D eigenvalue weighted by molar-refractivity contribution is 0.442. The van der Waals surface area contributed by atoms with Gasteiger partial charge in [0.25, 0.3) is 5.88 Å². The first-order valence-electron chi connectivity index (χ1n) is 6.02. The van der Waals surface area contributed by atoms with E-state index in [0.717, 1.165) is 16.7 Å². The molecular weight excluding hydrogens is 242 g/mol. The van der Waals surface area contributed by atoms with Gasteiger partial charge in [0.05, 0.1) is 0 Å². The van der Waals surface area contributed by atoms with E-state index in [0.29, 0.717) is 12.3 Å². The number of rotatable bonds is 3.